The minimum Gasteiger partial charge on any atom is -0.488 e. The SMILES string of the molecule is CC[C@]1(O)C[C@@]2(CC)O/C(=C\C(=O)OC)[C@@]3(CC)O[C@H]([C@H](C)O)[C@@H]1[C@@H]23. The summed E-state index contributed by atoms with van der Waals surface area (Å²) in [5, 5.41) is 21.7. The highest BCUT2D eigenvalue weighted by atomic mass is 16.6. The summed E-state index contributed by atoms with van der Waals surface area (Å²) in [7, 11) is 1.33. The van der Waals surface area contributed by atoms with Gasteiger partial charge >= 0.3 is 5.97 Å². The van der Waals surface area contributed by atoms with Crippen molar-refractivity contribution >= 4 is 5.97 Å². The second-order valence-corrected chi connectivity index (χ2v) is 7.76. The maximum Gasteiger partial charge on any atom is 0.333 e. The summed E-state index contributed by atoms with van der Waals surface area (Å²) in [5.41, 5.74) is -2.35. The molecule has 0 spiro atoms. The van der Waals surface area contributed by atoms with E-state index in [-0.39, 0.29) is 11.8 Å². The first-order valence-corrected chi connectivity index (χ1v) is 9.31. The molecule has 3 fully saturated rings. The van der Waals surface area contributed by atoms with Gasteiger partial charge in [0.1, 0.15) is 17.0 Å². The monoisotopic (exact) mass is 354 g/mol. The van der Waals surface area contributed by atoms with Crippen molar-refractivity contribution in [2.75, 3.05) is 7.11 Å². The average molecular weight is 354 g/mol. The molecule has 6 nitrogen and oxygen atoms in total. The smallest absolute Gasteiger partial charge is 0.333 e. The summed E-state index contributed by atoms with van der Waals surface area (Å²) in [6.45, 7) is 7.68. The summed E-state index contributed by atoms with van der Waals surface area (Å²) in [6.07, 6.45) is 2.51. The van der Waals surface area contributed by atoms with Crippen molar-refractivity contribution in [2.45, 2.75) is 82.4 Å². The second kappa shape index (κ2) is 5.96. The first-order valence-electron chi connectivity index (χ1n) is 9.31. The second-order valence-electron chi connectivity index (χ2n) is 7.76. The Labute approximate surface area is 149 Å². The van der Waals surface area contributed by atoms with E-state index in [0.717, 1.165) is 0 Å². The molecule has 2 saturated heterocycles. The first-order chi connectivity index (χ1) is 11.7. The van der Waals surface area contributed by atoms with Gasteiger partial charge in [0.25, 0.3) is 0 Å². The van der Waals surface area contributed by atoms with Crippen LogP contribution >= 0.6 is 0 Å². The molecule has 0 amide bonds. The van der Waals surface area contributed by atoms with Gasteiger partial charge in [-0.05, 0) is 26.2 Å². The van der Waals surface area contributed by atoms with Gasteiger partial charge in [-0.15, -0.1) is 0 Å². The maximum atomic E-state index is 11.9. The van der Waals surface area contributed by atoms with Crippen LogP contribution in [0.2, 0.25) is 0 Å². The van der Waals surface area contributed by atoms with Gasteiger partial charge in [0.15, 0.2) is 0 Å². The molecule has 2 aliphatic heterocycles. The minimum atomic E-state index is -0.948. The quantitative estimate of drug-likeness (QED) is 0.580. The molecular weight excluding hydrogens is 324 g/mol. The number of hydrogen-bond donors (Lipinski definition) is 2. The highest BCUT2D eigenvalue weighted by molar-refractivity contribution is 5.83. The van der Waals surface area contributed by atoms with Crippen LogP contribution in [0, 0.1) is 11.8 Å². The molecule has 1 aliphatic carbocycles. The van der Waals surface area contributed by atoms with E-state index in [1.54, 1.807) is 6.92 Å². The number of carbonyl (C=O) groups excluding carboxylic acids is 1. The first kappa shape index (κ1) is 18.7. The van der Waals surface area contributed by atoms with E-state index in [1.807, 2.05) is 20.8 Å². The molecule has 0 bridgehead atoms. The normalized spacial score (nSPS) is 47.6. The molecule has 1 saturated carbocycles. The number of esters is 1. The van der Waals surface area contributed by atoms with Crippen molar-refractivity contribution in [3.05, 3.63) is 11.8 Å². The molecule has 0 radical (unpaired) electrons. The fourth-order valence-electron chi connectivity index (χ4n) is 5.57. The molecule has 7 atom stereocenters. The molecule has 0 aromatic heterocycles. The molecule has 6 heteroatoms. The van der Waals surface area contributed by atoms with Crippen LogP contribution in [-0.4, -0.2) is 52.3 Å². The van der Waals surface area contributed by atoms with Gasteiger partial charge in [-0.3, -0.25) is 0 Å². The van der Waals surface area contributed by atoms with Crippen LogP contribution in [0.3, 0.4) is 0 Å². The standard InChI is InChI=1S/C19H30O6/c1-6-17(22)10-18(7-2)16-14(17)15(11(4)20)25-19(16,8-3)12(24-18)9-13(21)23-5/h9,11,14-16,20,22H,6-8,10H2,1-5H3/b12-9-/t11-,14+,15+,16-,17-,18+,19+/m0/s1. The molecule has 25 heavy (non-hydrogen) atoms. The van der Waals surface area contributed by atoms with Crippen LogP contribution in [0.25, 0.3) is 0 Å². The Morgan fingerprint density at radius 2 is 2.04 bits per heavy atom. The highest BCUT2D eigenvalue weighted by Gasteiger charge is 2.78. The fourth-order valence-corrected chi connectivity index (χ4v) is 5.57. The van der Waals surface area contributed by atoms with Gasteiger partial charge in [0, 0.05) is 18.3 Å². The van der Waals surface area contributed by atoms with Crippen molar-refractivity contribution < 1.29 is 29.2 Å². The van der Waals surface area contributed by atoms with Crippen LogP contribution in [0.1, 0.15) is 53.4 Å². The van der Waals surface area contributed by atoms with Gasteiger partial charge in [-0.25, -0.2) is 4.79 Å². The largest absolute Gasteiger partial charge is 0.488 e. The summed E-state index contributed by atoms with van der Waals surface area (Å²) >= 11 is 0. The molecular formula is C19H30O6. The van der Waals surface area contributed by atoms with E-state index in [2.05, 4.69) is 0 Å². The van der Waals surface area contributed by atoms with Crippen LogP contribution in [-0.2, 0) is 19.0 Å². The van der Waals surface area contributed by atoms with Gasteiger partial charge in [-0.1, -0.05) is 20.8 Å². The van der Waals surface area contributed by atoms with Gasteiger partial charge in [-0.2, -0.15) is 0 Å². The third kappa shape index (κ3) is 2.30. The molecule has 0 unspecified atom stereocenters. The fraction of sp³-hybridized carbons (Fsp3) is 0.842. The predicted octanol–water partition coefficient (Wildman–Crippen LogP) is 1.93. The van der Waals surface area contributed by atoms with E-state index in [4.69, 9.17) is 14.2 Å². The topological polar surface area (TPSA) is 85.2 Å². The third-order valence-electron chi connectivity index (χ3n) is 6.75. The predicted molar refractivity (Wildman–Crippen MR) is 90.6 cm³/mol. The van der Waals surface area contributed by atoms with Gasteiger partial charge in [0.05, 0.1) is 31.0 Å². The average Bonchev–Trinajstić information content (AvgIpc) is 3.17. The van der Waals surface area contributed by atoms with Gasteiger partial charge in [0.2, 0.25) is 0 Å². The van der Waals surface area contributed by atoms with Crippen molar-refractivity contribution in [1.29, 1.82) is 0 Å². The molecule has 3 rings (SSSR count). The highest BCUT2D eigenvalue weighted by Crippen LogP contribution is 2.69. The van der Waals surface area contributed by atoms with Crippen LogP contribution < -0.4 is 0 Å². The summed E-state index contributed by atoms with van der Waals surface area (Å²) < 4.78 is 17.5. The minimum absolute atomic E-state index is 0.101. The van der Waals surface area contributed by atoms with Crippen LogP contribution in [0.5, 0.6) is 0 Å². The number of carbonyl (C=O) groups is 1. The Morgan fingerprint density at radius 1 is 1.36 bits per heavy atom. The van der Waals surface area contributed by atoms with E-state index in [1.165, 1.54) is 13.2 Å². The number of aliphatic hydroxyl groups excluding tert-OH is 1. The van der Waals surface area contributed by atoms with Crippen LogP contribution in [0.15, 0.2) is 11.8 Å². The summed E-state index contributed by atoms with van der Waals surface area (Å²) in [5.74, 6) is -0.350. The van der Waals surface area contributed by atoms with Crippen molar-refractivity contribution in [3.8, 4) is 0 Å². The number of ether oxygens (including phenoxy) is 3. The zero-order valence-corrected chi connectivity index (χ0v) is 15.7. The summed E-state index contributed by atoms with van der Waals surface area (Å²) in [4.78, 5) is 11.9. The van der Waals surface area contributed by atoms with E-state index < -0.39 is 35.0 Å². The Hall–Kier alpha value is -1.11. The van der Waals surface area contributed by atoms with Crippen molar-refractivity contribution in [3.63, 3.8) is 0 Å². The Balaban J connectivity index is 2.17. The zero-order valence-electron chi connectivity index (χ0n) is 15.7. The van der Waals surface area contributed by atoms with Gasteiger partial charge < -0.3 is 24.4 Å². The lowest BCUT2D eigenvalue weighted by molar-refractivity contribution is -0.135. The number of methoxy groups -OCH3 is 1. The molecule has 2 heterocycles. The molecule has 2 N–H and O–H groups in total. The molecule has 142 valence electrons. The molecule has 3 aliphatic rings. The summed E-state index contributed by atoms with van der Waals surface area (Å²) in [6, 6.07) is 0. The number of hydrogen-bond acceptors (Lipinski definition) is 6. The maximum absolute atomic E-state index is 11.9. The third-order valence-corrected chi connectivity index (χ3v) is 6.75. The van der Waals surface area contributed by atoms with Crippen molar-refractivity contribution in [2.24, 2.45) is 11.8 Å². The zero-order chi connectivity index (χ0) is 18.6. The Bertz CT molecular complexity index is 586. The molecule has 0 aromatic rings. The lowest BCUT2D eigenvalue weighted by Gasteiger charge is -2.32. The van der Waals surface area contributed by atoms with Crippen molar-refractivity contribution in [1.82, 2.24) is 0 Å². The Kier molecular flexibility index (Phi) is 4.45. The lowest BCUT2D eigenvalue weighted by atomic mass is 9.71. The van der Waals surface area contributed by atoms with E-state index >= 15 is 0 Å². The lowest BCUT2D eigenvalue weighted by Crippen LogP contribution is -2.43. The number of rotatable bonds is 5. The van der Waals surface area contributed by atoms with E-state index in [9.17, 15) is 15.0 Å². The molecule has 0 aromatic carbocycles. The Morgan fingerprint density at radius 3 is 2.52 bits per heavy atom. The number of aliphatic hydroxyl groups is 2. The van der Waals surface area contributed by atoms with Crippen LogP contribution in [0.4, 0.5) is 0 Å². The van der Waals surface area contributed by atoms with E-state index in [0.29, 0.717) is 31.4 Å².